The maximum atomic E-state index is 13.3. The van der Waals surface area contributed by atoms with Gasteiger partial charge in [0, 0.05) is 37.7 Å². The first-order valence-electron chi connectivity index (χ1n) is 8.06. The molecule has 1 aromatic heterocycles. The molecule has 1 amide bonds. The van der Waals surface area contributed by atoms with Gasteiger partial charge >= 0.3 is 6.18 Å². The van der Waals surface area contributed by atoms with Gasteiger partial charge in [0.05, 0.1) is 11.8 Å². The minimum Gasteiger partial charge on any atom is -0.342 e. The van der Waals surface area contributed by atoms with Crippen molar-refractivity contribution >= 4 is 39.7 Å². The zero-order chi connectivity index (χ0) is 18.7. The minimum atomic E-state index is -4.41. The van der Waals surface area contributed by atoms with E-state index in [2.05, 4.69) is 4.98 Å². The van der Waals surface area contributed by atoms with E-state index in [-0.39, 0.29) is 5.91 Å². The van der Waals surface area contributed by atoms with Crippen LogP contribution in [0.3, 0.4) is 0 Å². The summed E-state index contributed by atoms with van der Waals surface area (Å²) in [6.45, 7) is 2.92. The van der Waals surface area contributed by atoms with Gasteiger partial charge in [0.1, 0.15) is 4.34 Å². The van der Waals surface area contributed by atoms with Gasteiger partial charge in [-0.3, -0.25) is 4.79 Å². The Balaban J connectivity index is 1.82. The Labute approximate surface area is 157 Å². The lowest BCUT2D eigenvalue weighted by Crippen LogP contribution is -2.36. The van der Waals surface area contributed by atoms with Crippen LogP contribution >= 0.6 is 22.9 Å². The van der Waals surface area contributed by atoms with Gasteiger partial charge in [-0.2, -0.15) is 13.2 Å². The molecule has 2 aromatic rings. The van der Waals surface area contributed by atoms with Crippen molar-refractivity contribution in [2.24, 2.45) is 0 Å². The Morgan fingerprint density at radius 2 is 2.12 bits per heavy atom. The smallest absolute Gasteiger partial charge is 0.342 e. The van der Waals surface area contributed by atoms with E-state index in [1.165, 1.54) is 36.6 Å². The van der Waals surface area contributed by atoms with Crippen LogP contribution in [-0.2, 0) is 16.4 Å². The molecule has 9 heteroatoms. The molecule has 4 nitrogen and oxygen atoms in total. The van der Waals surface area contributed by atoms with Crippen LogP contribution < -0.4 is 4.90 Å². The molecule has 0 saturated carbocycles. The number of nitrogens with zero attached hydrogens (tertiary/aromatic N) is 3. The monoisotopic (exact) mass is 401 g/mol. The van der Waals surface area contributed by atoms with E-state index in [9.17, 15) is 18.0 Å². The number of likely N-dealkylation sites (tertiary alicyclic amines) is 1. The van der Waals surface area contributed by atoms with Gasteiger partial charge in [0.25, 0.3) is 0 Å². The number of rotatable bonds is 1. The van der Waals surface area contributed by atoms with Crippen molar-refractivity contribution in [1.29, 1.82) is 0 Å². The van der Waals surface area contributed by atoms with Gasteiger partial charge in [-0.05, 0) is 30.2 Å². The number of anilines is 2. The van der Waals surface area contributed by atoms with Crippen molar-refractivity contribution in [2.45, 2.75) is 24.9 Å². The number of hydrogen-bond acceptors (Lipinski definition) is 4. The molecule has 26 heavy (non-hydrogen) atoms. The molecule has 0 radical (unpaired) electrons. The molecule has 2 aliphatic rings. The fourth-order valence-electron chi connectivity index (χ4n) is 3.88. The van der Waals surface area contributed by atoms with Crippen LogP contribution in [0.1, 0.15) is 24.5 Å². The SMILES string of the molecule is CC(=O)N1CCC2(C1)CN(c1ncc(Cl)s1)c1ccc(C(F)(F)F)cc12. The number of aromatic nitrogens is 1. The zero-order valence-electron chi connectivity index (χ0n) is 13.8. The van der Waals surface area contributed by atoms with E-state index in [4.69, 9.17) is 11.6 Å². The van der Waals surface area contributed by atoms with E-state index >= 15 is 0 Å². The van der Waals surface area contributed by atoms with Crippen molar-refractivity contribution in [2.75, 3.05) is 24.5 Å². The lowest BCUT2D eigenvalue weighted by molar-refractivity contribution is -0.137. The van der Waals surface area contributed by atoms with Gasteiger partial charge in [-0.15, -0.1) is 0 Å². The number of benzene rings is 1. The van der Waals surface area contributed by atoms with Crippen molar-refractivity contribution in [3.05, 3.63) is 39.9 Å². The average Bonchev–Trinajstić information content (AvgIpc) is 3.25. The Bertz CT molecular complexity index is 884. The fourth-order valence-corrected chi connectivity index (χ4v) is 4.79. The van der Waals surface area contributed by atoms with Crippen LogP contribution in [0.4, 0.5) is 24.0 Å². The number of carbonyl (C=O) groups is 1. The van der Waals surface area contributed by atoms with Crippen LogP contribution in [0.15, 0.2) is 24.4 Å². The molecule has 0 N–H and O–H groups in total. The largest absolute Gasteiger partial charge is 0.416 e. The average molecular weight is 402 g/mol. The van der Waals surface area contributed by atoms with E-state index in [0.717, 1.165) is 6.07 Å². The number of hydrogen-bond donors (Lipinski definition) is 0. The van der Waals surface area contributed by atoms with Crippen LogP contribution in [0.5, 0.6) is 0 Å². The highest BCUT2D eigenvalue weighted by atomic mass is 35.5. The Kier molecular flexibility index (Phi) is 3.96. The van der Waals surface area contributed by atoms with Crippen molar-refractivity contribution in [3.8, 4) is 0 Å². The highest BCUT2D eigenvalue weighted by Crippen LogP contribution is 2.51. The lowest BCUT2D eigenvalue weighted by atomic mass is 9.81. The predicted octanol–water partition coefficient (Wildman–Crippen LogP) is 4.46. The number of carbonyl (C=O) groups excluding carboxylic acids is 1. The minimum absolute atomic E-state index is 0.0638. The molecule has 1 aromatic carbocycles. The molecule has 1 fully saturated rings. The summed E-state index contributed by atoms with van der Waals surface area (Å²) in [4.78, 5) is 19.7. The Morgan fingerprint density at radius 3 is 2.69 bits per heavy atom. The highest BCUT2D eigenvalue weighted by molar-refractivity contribution is 7.19. The van der Waals surface area contributed by atoms with E-state index in [0.29, 0.717) is 46.8 Å². The molecule has 3 heterocycles. The molecule has 138 valence electrons. The molecule has 1 spiro atoms. The number of amides is 1. The maximum absolute atomic E-state index is 13.3. The van der Waals surface area contributed by atoms with Crippen LogP contribution in [0, 0.1) is 0 Å². The first-order valence-corrected chi connectivity index (χ1v) is 9.25. The third-order valence-corrected chi connectivity index (χ3v) is 6.28. The number of alkyl halides is 3. The maximum Gasteiger partial charge on any atom is 0.416 e. The molecule has 1 atom stereocenters. The molecule has 2 aliphatic heterocycles. The second-order valence-electron chi connectivity index (χ2n) is 6.73. The number of halogens is 4. The molecule has 0 aliphatic carbocycles. The van der Waals surface area contributed by atoms with Crippen molar-refractivity contribution in [1.82, 2.24) is 9.88 Å². The first-order chi connectivity index (χ1) is 12.2. The first kappa shape index (κ1) is 17.6. The molecule has 1 unspecified atom stereocenters. The Hall–Kier alpha value is -1.80. The van der Waals surface area contributed by atoms with Gasteiger partial charge in [0.15, 0.2) is 5.13 Å². The third-order valence-electron chi connectivity index (χ3n) is 5.14. The van der Waals surface area contributed by atoms with Crippen molar-refractivity contribution in [3.63, 3.8) is 0 Å². The van der Waals surface area contributed by atoms with Crippen LogP contribution in [0.25, 0.3) is 0 Å². The fraction of sp³-hybridized carbons (Fsp3) is 0.412. The second-order valence-corrected chi connectivity index (χ2v) is 8.37. The highest BCUT2D eigenvalue weighted by Gasteiger charge is 2.49. The molecule has 1 saturated heterocycles. The molecular formula is C17H15ClF3N3OS. The van der Waals surface area contributed by atoms with Gasteiger partial charge < -0.3 is 9.80 Å². The van der Waals surface area contributed by atoms with Gasteiger partial charge in [0.2, 0.25) is 5.91 Å². The Morgan fingerprint density at radius 1 is 1.35 bits per heavy atom. The summed E-state index contributed by atoms with van der Waals surface area (Å²) >= 11 is 7.28. The summed E-state index contributed by atoms with van der Waals surface area (Å²) in [5, 5.41) is 0.647. The molecule has 0 bridgehead atoms. The second kappa shape index (κ2) is 5.85. The van der Waals surface area contributed by atoms with E-state index < -0.39 is 17.2 Å². The van der Waals surface area contributed by atoms with Gasteiger partial charge in [-0.25, -0.2) is 4.98 Å². The zero-order valence-corrected chi connectivity index (χ0v) is 15.4. The summed E-state index contributed by atoms with van der Waals surface area (Å²) in [5.74, 6) is -0.0638. The topological polar surface area (TPSA) is 36.4 Å². The summed E-state index contributed by atoms with van der Waals surface area (Å²) in [5.41, 5.74) is 0.133. The molecule has 4 rings (SSSR count). The quantitative estimate of drug-likeness (QED) is 0.708. The summed E-state index contributed by atoms with van der Waals surface area (Å²) < 4.78 is 40.3. The normalized spacial score (nSPS) is 22.3. The van der Waals surface area contributed by atoms with E-state index in [1.807, 2.05) is 4.90 Å². The third kappa shape index (κ3) is 2.75. The summed E-state index contributed by atoms with van der Waals surface area (Å²) in [7, 11) is 0. The summed E-state index contributed by atoms with van der Waals surface area (Å²) in [6, 6.07) is 3.82. The van der Waals surface area contributed by atoms with Crippen LogP contribution in [-0.4, -0.2) is 35.4 Å². The van der Waals surface area contributed by atoms with Crippen molar-refractivity contribution < 1.29 is 18.0 Å². The lowest BCUT2D eigenvalue weighted by Gasteiger charge is -2.25. The van der Waals surface area contributed by atoms with Crippen LogP contribution in [0.2, 0.25) is 4.34 Å². The predicted molar refractivity (Wildman–Crippen MR) is 94.1 cm³/mol. The number of thiazole rings is 1. The van der Waals surface area contributed by atoms with Gasteiger partial charge in [-0.1, -0.05) is 22.9 Å². The standard InChI is InChI=1S/C17H15ClF3N3OS/c1-10(25)23-5-4-16(8-23)9-24(15-22-7-14(18)26-15)13-3-2-11(6-12(13)16)17(19,20)21/h2-3,6-7H,4-5,8-9H2,1H3. The van der Waals surface area contributed by atoms with E-state index in [1.54, 1.807) is 4.90 Å². The summed E-state index contributed by atoms with van der Waals surface area (Å²) in [6.07, 6.45) is -2.25. The molecular weight excluding hydrogens is 387 g/mol. The number of fused-ring (bicyclic) bond motifs is 2.